The van der Waals surface area contributed by atoms with E-state index < -0.39 is 5.60 Å². The van der Waals surface area contributed by atoms with Gasteiger partial charge in [-0.2, -0.15) is 0 Å². The van der Waals surface area contributed by atoms with E-state index in [0.717, 1.165) is 48.7 Å². The van der Waals surface area contributed by atoms with Crippen molar-refractivity contribution in [2.45, 2.75) is 26.4 Å². The van der Waals surface area contributed by atoms with Crippen molar-refractivity contribution >= 4 is 29.0 Å². The Labute approximate surface area is 177 Å². The molecule has 0 saturated carbocycles. The molecule has 1 fully saturated rings. The topological polar surface area (TPSA) is 71.7 Å². The first kappa shape index (κ1) is 21.2. The number of hydrogen-bond donors (Lipinski definition) is 1. The first-order valence-corrected chi connectivity index (χ1v) is 10.2. The van der Waals surface area contributed by atoms with E-state index >= 15 is 0 Å². The normalized spacial score (nSPS) is 15.2. The van der Waals surface area contributed by atoms with Crippen LogP contribution in [0.5, 0.6) is 0 Å². The van der Waals surface area contributed by atoms with E-state index in [1.54, 1.807) is 0 Å². The molecule has 2 aromatic rings. The lowest BCUT2D eigenvalue weighted by atomic mass is 10.1. The summed E-state index contributed by atoms with van der Waals surface area (Å²) in [5.41, 5.74) is 8.19. The van der Waals surface area contributed by atoms with Crippen molar-refractivity contribution in [2.75, 3.05) is 37.6 Å². The van der Waals surface area contributed by atoms with Crippen LogP contribution in [0, 0.1) is 0 Å². The van der Waals surface area contributed by atoms with Crippen molar-refractivity contribution < 1.29 is 9.53 Å². The average molecular weight is 413 g/mol. The molecule has 0 aliphatic carbocycles. The maximum atomic E-state index is 12.0. The number of benzene rings is 1. The van der Waals surface area contributed by atoms with E-state index in [4.69, 9.17) is 22.7 Å². The third-order valence-corrected chi connectivity index (χ3v) is 4.96. The quantitative estimate of drug-likeness (QED) is 0.598. The highest BCUT2D eigenvalue weighted by Gasteiger charge is 2.23. The number of nitrogens with two attached hydrogens (primary N) is 1. The zero-order valence-corrected chi connectivity index (χ0v) is 18.0. The van der Waals surface area contributed by atoms with E-state index in [2.05, 4.69) is 20.9 Å². The van der Waals surface area contributed by atoms with Gasteiger partial charge in [-0.3, -0.25) is 9.69 Å². The molecule has 0 atom stereocenters. The van der Waals surface area contributed by atoms with Crippen LogP contribution in [-0.2, 0) is 9.53 Å². The minimum atomic E-state index is -0.443. The number of piperazine rings is 1. The Hall–Kier alpha value is -2.51. The van der Waals surface area contributed by atoms with Gasteiger partial charge in [0.25, 0.3) is 0 Å². The molecule has 3 rings (SSSR count). The largest absolute Gasteiger partial charge is 0.459 e. The molecule has 2 N–H and O–H groups in total. The van der Waals surface area contributed by atoms with Gasteiger partial charge in [0.2, 0.25) is 0 Å². The van der Waals surface area contributed by atoms with E-state index in [1.165, 1.54) is 0 Å². The number of aromatic nitrogens is 1. The van der Waals surface area contributed by atoms with Crippen molar-refractivity contribution in [1.82, 2.24) is 9.88 Å². The van der Waals surface area contributed by atoms with E-state index in [-0.39, 0.29) is 5.97 Å². The number of ether oxygens (including phenoxy) is 1. The number of carbonyl (C=O) groups is 1. The number of hydrogen-bond acceptors (Lipinski definition) is 6. The zero-order valence-electron chi connectivity index (χ0n) is 17.2. The second-order valence-electron chi connectivity index (χ2n) is 8.20. The summed E-state index contributed by atoms with van der Waals surface area (Å²) in [6.45, 7) is 9.28. The first-order valence-electron chi connectivity index (χ1n) is 9.77. The van der Waals surface area contributed by atoms with Crippen molar-refractivity contribution in [3.05, 3.63) is 48.2 Å². The van der Waals surface area contributed by atoms with E-state index in [9.17, 15) is 4.79 Å². The van der Waals surface area contributed by atoms with Gasteiger partial charge in [0.05, 0.1) is 6.54 Å². The lowest BCUT2D eigenvalue weighted by Crippen LogP contribution is -2.48. The fourth-order valence-corrected chi connectivity index (χ4v) is 3.40. The fourth-order valence-electron chi connectivity index (χ4n) is 3.26. The van der Waals surface area contributed by atoms with Gasteiger partial charge < -0.3 is 15.4 Å². The van der Waals surface area contributed by atoms with E-state index in [0.29, 0.717) is 11.5 Å². The fraction of sp³-hybridized carbons (Fsp3) is 0.409. The van der Waals surface area contributed by atoms with Gasteiger partial charge in [-0.1, -0.05) is 36.5 Å². The molecule has 0 bridgehead atoms. The van der Waals surface area contributed by atoms with Crippen LogP contribution < -0.4 is 10.6 Å². The molecule has 154 valence electrons. The molecule has 29 heavy (non-hydrogen) atoms. The van der Waals surface area contributed by atoms with Crippen molar-refractivity contribution in [3.8, 4) is 11.1 Å². The minimum Gasteiger partial charge on any atom is -0.459 e. The van der Waals surface area contributed by atoms with Crippen LogP contribution in [0.3, 0.4) is 0 Å². The number of carbonyl (C=O) groups excluding carboxylic acids is 1. The Morgan fingerprint density at radius 1 is 1.07 bits per heavy atom. The number of anilines is 1. The van der Waals surface area contributed by atoms with Gasteiger partial charge in [-0.15, -0.1) is 0 Å². The lowest BCUT2D eigenvalue weighted by molar-refractivity contribution is -0.156. The minimum absolute atomic E-state index is 0.171. The highest BCUT2D eigenvalue weighted by atomic mass is 32.1. The molecule has 0 amide bonds. The van der Waals surface area contributed by atoms with Gasteiger partial charge in [0.1, 0.15) is 16.4 Å². The maximum Gasteiger partial charge on any atom is 0.320 e. The molecule has 1 aliphatic rings. The molecule has 2 heterocycles. The van der Waals surface area contributed by atoms with Crippen LogP contribution >= 0.6 is 12.2 Å². The zero-order chi connectivity index (χ0) is 21.0. The number of nitrogens with zero attached hydrogens (tertiary/aromatic N) is 3. The van der Waals surface area contributed by atoms with E-state index in [1.807, 2.05) is 57.3 Å². The molecular formula is C22H28N4O2S. The number of pyridine rings is 1. The maximum absolute atomic E-state index is 12.0. The standard InChI is InChI=1S/C22H28N4O2S/c1-22(2,3)28-20(27)15-25-10-12-26(13-11-25)19-9-8-18(14-24-19)16-4-6-17(7-5-16)21(23)29/h4-9,14H,10-13,15H2,1-3H3,(H2,23,29). The highest BCUT2D eigenvalue weighted by molar-refractivity contribution is 7.80. The summed E-state index contributed by atoms with van der Waals surface area (Å²) in [4.78, 5) is 21.4. The molecule has 0 spiro atoms. The van der Waals surface area contributed by atoms with Crippen molar-refractivity contribution in [2.24, 2.45) is 5.73 Å². The molecule has 0 radical (unpaired) electrons. The Kier molecular flexibility index (Phi) is 6.49. The summed E-state index contributed by atoms with van der Waals surface area (Å²) in [5.74, 6) is 0.778. The molecule has 1 aromatic carbocycles. The van der Waals surface area contributed by atoms with Gasteiger partial charge in [0.15, 0.2) is 0 Å². The molecular weight excluding hydrogens is 384 g/mol. The summed E-state index contributed by atoms with van der Waals surface area (Å²) in [6.07, 6.45) is 1.89. The molecule has 0 unspecified atom stereocenters. The highest BCUT2D eigenvalue weighted by Crippen LogP contribution is 2.22. The Morgan fingerprint density at radius 2 is 1.69 bits per heavy atom. The number of rotatable bonds is 5. The molecule has 7 heteroatoms. The smallest absolute Gasteiger partial charge is 0.320 e. The van der Waals surface area contributed by atoms with Gasteiger partial charge in [-0.25, -0.2) is 4.98 Å². The van der Waals surface area contributed by atoms with Crippen molar-refractivity contribution in [3.63, 3.8) is 0 Å². The monoisotopic (exact) mass is 412 g/mol. The summed E-state index contributed by atoms with van der Waals surface area (Å²) >= 11 is 5.00. The Balaban J connectivity index is 1.55. The summed E-state index contributed by atoms with van der Waals surface area (Å²) in [7, 11) is 0. The number of thiocarbonyl (C=S) groups is 1. The summed E-state index contributed by atoms with van der Waals surface area (Å²) < 4.78 is 5.41. The van der Waals surface area contributed by atoms with Crippen LogP contribution in [-0.4, -0.2) is 59.2 Å². The second kappa shape index (κ2) is 8.88. The summed E-state index contributed by atoms with van der Waals surface area (Å²) in [6, 6.07) is 12.0. The van der Waals surface area contributed by atoms with Gasteiger partial charge >= 0.3 is 5.97 Å². The molecule has 1 aromatic heterocycles. The van der Waals surface area contributed by atoms with Crippen LogP contribution in [0.2, 0.25) is 0 Å². The third kappa shape index (κ3) is 5.98. The summed E-state index contributed by atoms with van der Waals surface area (Å²) in [5, 5.41) is 0. The average Bonchev–Trinajstić information content (AvgIpc) is 2.67. The van der Waals surface area contributed by atoms with Crippen LogP contribution in [0.15, 0.2) is 42.6 Å². The SMILES string of the molecule is CC(C)(C)OC(=O)CN1CCN(c2ccc(-c3ccc(C(N)=S)cc3)cn2)CC1. The molecule has 1 aliphatic heterocycles. The van der Waals surface area contributed by atoms with Crippen LogP contribution in [0.4, 0.5) is 5.82 Å². The molecule has 1 saturated heterocycles. The predicted octanol–water partition coefficient (Wildman–Crippen LogP) is 2.85. The molecule has 6 nitrogen and oxygen atoms in total. The predicted molar refractivity (Wildman–Crippen MR) is 120 cm³/mol. The third-order valence-electron chi connectivity index (χ3n) is 4.72. The van der Waals surface area contributed by atoms with Gasteiger partial charge in [0, 0.05) is 43.5 Å². The van der Waals surface area contributed by atoms with Crippen LogP contribution in [0.25, 0.3) is 11.1 Å². The van der Waals surface area contributed by atoms with Gasteiger partial charge in [-0.05, 0) is 38.5 Å². The first-order chi connectivity index (χ1) is 13.7. The Morgan fingerprint density at radius 3 is 2.21 bits per heavy atom. The lowest BCUT2D eigenvalue weighted by Gasteiger charge is -2.35. The van der Waals surface area contributed by atoms with Crippen molar-refractivity contribution in [1.29, 1.82) is 0 Å². The van der Waals surface area contributed by atoms with Crippen LogP contribution in [0.1, 0.15) is 26.3 Å². The Bertz CT molecular complexity index is 852. The number of esters is 1. The second-order valence-corrected chi connectivity index (χ2v) is 8.64.